The van der Waals surface area contributed by atoms with Crippen LogP contribution in [0.3, 0.4) is 0 Å². The summed E-state index contributed by atoms with van der Waals surface area (Å²) >= 11 is 0. The van der Waals surface area contributed by atoms with Gasteiger partial charge in [0.1, 0.15) is 12.0 Å². The van der Waals surface area contributed by atoms with Crippen molar-refractivity contribution in [3.05, 3.63) is 24.3 Å². The SMILES string of the molecule is COc1ccc(S(=O)(=O)N(C)CC=O)cc1. The summed E-state index contributed by atoms with van der Waals surface area (Å²) in [4.78, 5) is 10.4. The van der Waals surface area contributed by atoms with Gasteiger partial charge in [-0.2, -0.15) is 4.31 Å². The molecule has 0 aliphatic heterocycles. The first-order valence-corrected chi connectivity index (χ1v) is 6.00. The summed E-state index contributed by atoms with van der Waals surface area (Å²) in [5.74, 6) is 0.581. The Labute approximate surface area is 94.7 Å². The van der Waals surface area contributed by atoms with Gasteiger partial charge in [-0.3, -0.25) is 0 Å². The molecule has 0 saturated carbocycles. The van der Waals surface area contributed by atoms with Crippen molar-refractivity contribution in [1.29, 1.82) is 0 Å². The average molecular weight is 243 g/mol. The van der Waals surface area contributed by atoms with Crippen LogP contribution >= 0.6 is 0 Å². The molecule has 88 valence electrons. The number of sulfonamides is 1. The van der Waals surface area contributed by atoms with Crippen molar-refractivity contribution < 1.29 is 17.9 Å². The van der Waals surface area contributed by atoms with Gasteiger partial charge < -0.3 is 9.53 Å². The first kappa shape index (κ1) is 12.7. The second kappa shape index (κ2) is 5.09. The molecule has 0 bridgehead atoms. The van der Waals surface area contributed by atoms with Gasteiger partial charge in [0.2, 0.25) is 10.0 Å². The van der Waals surface area contributed by atoms with Crippen molar-refractivity contribution in [2.24, 2.45) is 0 Å². The van der Waals surface area contributed by atoms with E-state index >= 15 is 0 Å². The number of rotatable bonds is 5. The fourth-order valence-electron chi connectivity index (χ4n) is 1.13. The predicted molar refractivity (Wildman–Crippen MR) is 58.9 cm³/mol. The summed E-state index contributed by atoms with van der Waals surface area (Å²) in [5, 5.41) is 0. The zero-order valence-corrected chi connectivity index (χ0v) is 9.90. The Morgan fingerprint density at radius 1 is 1.31 bits per heavy atom. The molecular weight excluding hydrogens is 230 g/mol. The van der Waals surface area contributed by atoms with Crippen LogP contribution in [0.2, 0.25) is 0 Å². The van der Waals surface area contributed by atoms with E-state index < -0.39 is 10.0 Å². The van der Waals surface area contributed by atoms with E-state index in [1.165, 1.54) is 26.3 Å². The lowest BCUT2D eigenvalue weighted by Gasteiger charge is -2.14. The number of methoxy groups -OCH3 is 1. The Hall–Kier alpha value is -1.40. The summed E-state index contributed by atoms with van der Waals surface area (Å²) < 4.78 is 29.6. The topological polar surface area (TPSA) is 63.7 Å². The van der Waals surface area contributed by atoms with E-state index in [1.54, 1.807) is 12.1 Å². The highest BCUT2D eigenvalue weighted by Crippen LogP contribution is 2.17. The van der Waals surface area contributed by atoms with Gasteiger partial charge in [0, 0.05) is 7.05 Å². The molecule has 16 heavy (non-hydrogen) atoms. The van der Waals surface area contributed by atoms with Gasteiger partial charge in [-0.15, -0.1) is 0 Å². The van der Waals surface area contributed by atoms with Crippen molar-refractivity contribution in [2.75, 3.05) is 20.7 Å². The standard InChI is InChI=1S/C10H13NO4S/c1-11(7-8-12)16(13,14)10-5-3-9(15-2)4-6-10/h3-6,8H,7H2,1-2H3. The van der Waals surface area contributed by atoms with Crippen LogP contribution in [0.1, 0.15) is 0 Å². The Kier molecular flexibility index (Phi) is 4.03. The highest BCUT2D eigenvalue weighted by molar-refractivity contribution is 7.89. The van der Waals surface area contributed by atoms with E-state index in [2.05, 4.69) is 0 Å². The Bertz CT molecular complexity index is 452. The molecular formula is C10H13NO4S. The van der Waals surface area contributed by atoms with E-state index in [0.29, 0.717) is 12.0 Å². The third-order valence-electron chi connectivity index (χ3n) is 2.10. The molecule has 0 atom stereocenters. The maximum atomic E-state index is 11.8. The van der Waals surface area contributed by atoms with Crippen LogP contribution in [0.4, 0.5) is 0 Å². The number of benzene rings is 1. The molecule has 0 unspecified atom stereocenters. The minimum atomic E-state index is -3.58. The lowest BCUT2D eigenvalue weighted by atomic mass is 10.3. The van der Waals surface area contributed by atoms with Crippen LogP contribution in [-0.4, -0.2) is 39.7 Å². The van der Waals surface area contributed by atoms with Gasteiger partial charge in [0.25, 0.3) is 0 Å². The van der Waals surface area contributed by atoms with Crippen molar-refractivity contribution >= 4 is 16.3 Å². The van der Waals surface area contributed by atoms with Gasteiger partial charge in [0.05, 0.1) is 18.6 Å². The number of aldehydes is 1. The number of hydrogen-bond acceptors (Lipinski definition) is 4. The number of hydrogen-bond donors (Lipinski definition) is 0. The second-order valence-corrected chi connectivity index (χ2v) is 5.17. The molecule has 0 saturated heterocycles. The van der Waals surface area contributed by atoms with Crippen LogP contribution in [0.15, 0.2) is 29.2 Å². The molecule has 1 aromatic carbocycles. The van der Waals surface area contributed by atoms with Gasteiger partial charge in [-0.05, 0) is 24.3 Å². The fraction of sp³-hybridized carbons (Fsp3) is 0.300. The van der Waals surface area contributed by atoms with Crippen LogP contribution in [0.25, 0.3) is 0 Å². The zero-order valence-electron chi connectivity index (χ0n) is 9.08. The average Bonchev–Trinajstić information content (AvgIpc) is 2.29. The summed E-state index contributed by atoms with van der Waals surface area (Å²) in [7, 11) is -0.722. The maximum absolute atomic E-state index is 11.8. The molecule has 0 amide bonds. The number of carbonyl (C=O) groups is 1. The summed E-state index contributed by atoms with van der Waals surface area (Å²) in [6.45, 7) is -0.158. The summed E-state index contributed by atoms with van der Waals surface area (Å²) in [6.07, 6.45) is 0.543. The normalized spacial score (nSPS) is 11.4. The fourth-order valence-corrected chi connectivity index (χ4v) is 2.23. The van der Waals surface area contributed by atoms with Crippen LogP contribution in [-0.2, 0) is 14.8 Å². The molecule has 0 radical (unpaired) electrons. The third kappa shape index (κ3) is 2.59. The van der Waals surface area contributed by atoms with Crippen LogP contribution < -0.4 is 4.74 Å². The highest BCUT2D eigenvalue weighted by atomic mass is 32.2. The molecule has 1 aromatic rings. The molecule has 0 heterocycles. The number of ether oxygens (including phenoxy) is 1. The van der Waals surface area contributed by atoms with E-state index in [4.69, 9.17) is 4.74 Å². The lowest BCUT2D eigenvalue weighted by Crippen LogP contribution is -2.28. The minimum absolute atomic E-state index is 0.137. The molecule has 0 N–H and O–H groups in total. The van der Waals surface area contributed by atoms with Crippen molar-refractivity contribution in [2.45, 2.75) is 4.90 Å². The van der Waals surface area contributed by atoms with Gasteiger partial charge in [-0.25, -0.2) is 8.42 Å². The molecule has 0 fully saturated rings. The minimum Gasteiger partial charge on any atom is -0.497 e. The summed E-state index contributed by atoms with van der Waals surface area (Å²) in [6, 6.07) is 5.99. The number of likely N-dealkylation sites (N-methyl/N-ethyl adjacent to an activating group) is 1. The number of carbonyl (C=O) groups excluding carboxylic acids is 1. The van der Waals surface area contributed by atoms with Gasteiger partial charge in [0.15, 0.2) is 0 Å². The second-order valence-electron chi connectivity index (χ2n) is 3.13. The van der Waals surface area contributed by atoms with E-state index in [0.717, 1.165) is 4.31 Å². The van der Waals surface area contributed by atoms with E-state index in [1.807, 2.05) is 0 Å². The molecule has 5 nitrogen and oxygen atoms in total. The molecule has 1 rings (SSSR count). The predicted octanol–water partition coefficient (Wildman–Crippen LogP) is 0.515. The van der Waals surface area contributed by atoms with Crippen molar-refractivity contribution in [3.8, 4) is 5.75 Å². The largest absolute Gasteiger partial charge is 0.497 e. The molecule has 0 spiro atoms. The summed E-state index contributed by atoms with van der Waals surface area (Å²) in [5.41, 5.74) is 0. The van der Waals surface area contributed by atoms with E-state index in [9.17, 15) is 13.2 Å². The molecule has 0 aromatic heterocycles. The Morgan fingerprint density at radius 2 is 1.88 bits per heavy atom. The smallest absolute Gasteiger partial charge is 0.243 e. The maximum Gasteiger partial charge on any atom is 0.243 e. The van der Waals surface area contributed by atoms with Crippen LogP contribution in [0, 0.1) is 0 Å². The first-order valence-electron chi connectivity index (χ1n) is 4.56. The molecule has 6 heteroatoms. The zero-order chi connectivity index (χ0) is 12.2. The molecule has 0 aliphatic carbocycles. The monoisotopic (exact) mass is 243 g/mol. The number of nitrogens with zero attached hydrogens (tertiary/aromatic N) is 1. The Balaban J connectivity index is 3.02. The molecule has 0 aliphatic rings. The van der Waals surface area contributed by atoms with E-state index in [-0.39, 0.29) is 11.4 Å². The quantitative estimate of drug-likeness (QED) is 0.707. The van der Waals surface area contributed by atoms with Crippen molar-refractivity contribution in [1.82, 2.24) is 4.31 Å². The third-order valence-corrected chi connectivity index (χ3v) is 3.94. The lowest BCUT2D eigenvalue weighted by molar-refractivity contribution is -0.107. The van der Waals surface area contributed by atoms with Gasteiger partial charge >= 0.3 is 0 Å². The first-order chi connectivity index (χ1) is 7.52. The van der Waals surface area contributed by atoms with Gasteiger partial charge in [-0.1, -0.05) is 0 Å². The Morgan fingerprint density at radius 3 is 2.31 bits per heavy atom. The van der Waals surface area contributed by atoms with Crippen LogP contribution in [0.5, 0.6) is 5.75 Å². The highest BCUT2D eigenvalue weighted by Gasteiger charge is 2.19. The van der Waals surface area contributed by atoms with Crippen molar-refractivity contribution in [3.63, 3.8) is 0 Å².